The molecule has 0 aliphatic heterocycles. The summed E-state index contributed by atoms with van der Waals surface area (Å²) in [5.41, 5.74) is 2.05. The van der Waals surface area contributed by atoms with E-state index in [0.29, 0.717) is 0 Å². The van der Waals surface area contributed by atoms with E-state index in [4.69, 9.17) is 0 Å². The second kappa shape index (κ2) is 5.67. The molecule has 0 aliphatic rings. The molecule has 0 saturated heterocycles. The molecule has 0 atom stereocenters. The van der Waals surface area contributed by atoms with Gasteiger partial charge in [0.2, 0.25) is 0 Å². The smallest absolute Gasteiger partial charge is 0.110 e. The lowest BCUT2D eigenvalue weighted by Gasteiger charge is -2.02. The summed E-state index contributed by atoms with van der Waals surface area (Å²) in [5, 5.41) is 7.53. The number of aromatic nitrogens is 3. The monoisotopic (exact) mass is 234 g/mol. The molecule has 0 aromatic carbocycles. The second-order valence-electron chi connectivity index (χ2n) is 3.46. The maximum atomic E-state index is 4.17. The number of nitrogens with zero attached hydrogens (tertiary/aromatic N) is 3. The summed E-state index contributed by atoms with van der Waals surface area (Å²) in [6, 6.07) is 3.92. The third-order valence-electron chi connectivity index (χ3n) is 2.22. The number of hydrogen-bond donors (Lipinski definition) is 1. The first-order valence-corrected chi connectivity index (χ1v) is 6.11. The Hall–Kier alpha value is -1.33. The lowest BCUT2D eigenvalue weighted by Crippen LogP contribution is -2.13. The molecule has 0 unspecified atom stereocenters. The van der Waals surface area contributed by atoms with E-state index in [2.05, 4.69) is 26.8 Å². The number of nitrogens with one attached hydrogen (secondary N) is 1. The SMILES string of the molecule is CCCNCc1snnc1-c1ccncc1. The number of hydrogen-bond acceptors (Lipinski definition) is 5. The molecular formula is C11H14N4S. The zero-order valence-electron chi connectivity index (χ0n) is 9.18. The van der Waals surface area contributed by atoms with Gasteiger partial charge in [-0.2, -0.15) is 0 Å². The van der Waals surface area contributed by atoms with E-state index in [9.17, 15) is 0 Å². The third-order valence-corrected chi connectivity index (χ3v) is 2.94. The van der Waals surface area contributed by atoms with Crippen molar-refractivity contribution in [2.75, 3.05) is 6.54 Å². The van der Waals surface area contributed by atoms with E-state index < -0.39 is 0 Å². The molecule has 0 amide bonds. The molecular weight excluding hydrogens is 220 g/mol. The first-order valence-electron chi connectivity index (χ1n) is 5.34. The first-order chi connectivity index (χ1) is 7.92. The summed E-state index contributed by atoms with van der Waals surface area (Å²) < 4.78 is 4.01. The van der Waals surface area contributed by atoms with Gasteiger partial charge in [0.15, 0.2) is 0 Å². The quantitative estimate of drug-likeness (QED) is 0.805. The van der Waals surface area contributed by atoms with Crippen molar-refractivity contribution in [3.63, 3.8) is 0 Å². The van der Waals surface area contributed by atoms with Crippen molar-refractivity contribution in [1.29, 1.82) is 0 Å². The van der Waals surface area contributed by atoms with Crippen LogP contribution in [-0.4, -0.2) is 21.1 Å². The fourth-order valence-electron chi connectivity index (χ4n) is 1.43. The van der Waals surface area contributed by atoms with Crippen LogP contribution >= 0.6 is 11.5 Å². The lowest BCUT2D eigenvalue weighted by molar-refractivity contribution is 0.681. The summed E-state index contributed by atoms with van der Waals surface area (Å²) in [6.45, 7) is 4.01. The predicted octanol–water partition coefficient (Wildman–Crippen LogP) is 2.10. The molecule has 0 bridgehead atoms. The molecule has 2 aromatic rings. The summed E-state index contributed by atoms with van der Waals surface area (Å²) in [5.74, 6) is 0. The van der Waals surface area contributed by atoms with Crippen molar-refractivity contribution in [1.82, 2.24) is 19.9 Å². The van der Waals surface area contributed by atoms with Crippen LogP contribution in [0.3, 0.4) is 0 Å². The second-order valence-corrected chi connectivity index (χ2v) is 4.30. The predicted molar refractivity (Wildman–Crippen MR) is 65.1 cm³/mol. The van der Waals surface area contributed by atoms with Gasteiger partial charge in [-0.15, -0.1) is 5.10 Å². The molecule has 0 radical (unpaired) electrons. The minimum absolute atomic E-state index is 0.836. The van der Waals surface area contributed by atoms with Crippen LogP contribution in [0.4, 0.5) is 0 Å². The first kappa shape index (κ1) is 11.2. The van der Waals surface area contributed by atoms with E-state index in [0.717, 1.165) is 30.8 Å². The maximum absolute atomic E-state index is 4.17. The standard InChI is InChI=1S/C11H14N4S/c1-2-5-13-8-10-11(14-15-16-10)9-3-6-12-7-4-9/h3-4,6-7,13H,2,5,8H2,1H3. The van der Waals surface area contributed by atoms with Crippen LogP contribution in [0.5, 0.6) is 0 Å². The van der Waals surface area contributed by atoms with E-state index in [1.807, 2.05) is 12.1 Å². The van der Waals surface area contributed by atoms with Crippen LogP contribution in [0.2, 0.25) is 0 Å². The number of rotatable bonds is 5. The molecule has 2 heterocycles. The van der Waals surface area contributed by atoms with Crippen molar-refractivity contribution in [2.45, 2.75) is 19.9 Å². The molecule has 1 N–H and O–H groups in total. The van der Waals surface area contributed by atoms with Gasteiger partial charge < -0.3 is 5.32 Å². The summed E-state index contributed by atoms with van der Waals surface area (Å²) in [4.78, 5) is 5.18. The van der Waals surface area contributed by atoms with E-state index >= 15 is 0 Å². The minimum atomic E-state index is 0.836. The molecule has 4 nitrogen and oxygen atoms in total. The van der Waals surface area contributed by atoms with Crippen LogP contribution in [0.15, 0.2) is 24.5 Å². The van der Waals surface area contributed by atoms with Crippen LogP contribution in [0.25, 0.3) is 11.3 Å². The molecule has 5 heteroatoms. The zero-order chi connectivity index (χ0) is 11.2. The van der Waals surface area contributed by atoms with Gasteiger partial charge in [-0.05, 0) is 36.6 Å². The van der Waals surface area contributed by atoms with Crippen molar-refractivity contribution in [2.24, 2.45) is 0 Å². The zero-order valence-corrected chi connectivity index (χ0v) is 10.00. The minimum Gasteiger partial charge on any atom is -0.312 e. The van der Waals surface area contributed by atoms with Crippen molar-refractivity contribution >= 4 is 11.5 Å². The highest BCUT2D eigenvalue weighted by Crippen LogP contribution is 2.22. The van der Waals surface area contributed by atoms with E-state index in [-0.39, 0.29) is 0 Å². The fraction of sp³-hybridized carbons (Fsp3) is 0.364. The Balaban J connectivity index is 2.13. The largest absolute Gasteiger partial charge is 0.312 e. The normalized spacial score (nSPS) is 10.6. The maximum Gasteiger partial charge on any atom is 0.110 e. The molecule has 84 valence electrons. The molecule has 2 rings (SSSR count). The van der Waals surface area contributed by atoms with Crippen LogP contribution < -0.4 is 5.32 Å². The van der Waals surface area contributed by atoms with Crippen molar-refractivity contribution in [3.8, 4) is 11.3 Å². The Kier molecular flexibility index (Phi) is 3.96. The molecule has 2 aromatic heterocycles. The van der Waals surface area contributed by atoms with Gasteiger partial charge in [0.1, 0.15) is 5.69 Å². The third kappa shape index (κ3) is 2.62. The molecule has 0 saturated carbocycles. The van der Waals surface area contributed by atoms with Crippen molar-refractivity contribution in [3.05, 3.63) is 29.4 Å². The van der Waals surface area contributed by atoms with Gasteiger partial charge in [0, 0.05) is 24.5 Å². The highest BCUT2D eigenvalue weighted by molar-refractivity contribution is 7.05. The Labute approximate surface area is 98.9 Å². The lowest BCUT2D eigenvalue weighted by atomic mass is 10.2. The average Bonchev–Trinajstić information content (AvgIpc) is 2.79. The average molecular weight is 234 g/mol. The van der Waals surface area contributed by atoms with Gasteiger partial charge in [0.05, 0.1) is 4.88 Å². The van der Waals surface area contributed by atoms with Gasteiger partial charge >= 0.3 is 0 Å². The Morgan fingerprint density at radius 1 is 1.31 bits per heavy atom. The van der Waals surface area contributed by atoms with Crippen LogP contribution in [-0.2, 0) is 6.54 Å². The summed E-state index contributed by atoms with van der Waals surface area (Å²) in [7, 11) is 0. The van der Waals surface area contributed by atoms with Crippen LogP contribution in [0, 0.1) is 0 Å². The van der Waals surface area contributed by atoms with Gasteiger partial charge in [-0.3, -0.25) is 4.98 Å². The Morgan fingerprint density at radius 2 is 2.12 bits per heavy atom. The van der Waals surface area contributed by atoms with Gasteiger partial charge in [-0.25, -0.2) is 0 Å². The molecule has 0 fully saturated rings. The Bertz CT molecular complexity index is 427. The summed E-state index contributed by atoms with van der Waals surface area (Å²) >= 11 is 1.45. The molecule has 16 heavy (non-hydrogen) atoms. The Morgan fingerprint density at radius 3 is 2.88 bits per heavy atom. The van der Waals surface area contributed by atoms with E-state index in [1.165, 1.54) is 16.4 Å². The molecule has 0 aliphatic carbocycles. The highest BCUT2D eigenvalue weighted by atomic mass is 32.1. The number of pyridine rings is 1. The highest BCUT2D eigenvalue weighted by Gasteiger charge is 2.09. The fourth-order valence-corrected chi connectivity index (χ4v) is 2.07. The van der Waals surface area contributed by atoms with Gasteiger partial charge in [0.25, 0.3) is 0 Å². The summed E-state index contributed by atoms with van der Waals surface area (Å²) in [6.07, 6.45) is 4.69. The van der Waals surface area contributed by atoms with E-state index in [1.54, 1.807) is 12.4 Å². The van der Waals surface area contributed by atoms with Crippen molar-refractivity contribution < 1.29 is 0 Å². The molecule has 0 spiro atoms. The van der Waals surface area contributed by atoms with Crippen LogP contribution in [0.1, 0.15) is 18.2 Å². The topological polar surface area (TPSA) is 50.7 Å². The van der Waals surface area contributed by atoms with Gasteiger partial charge in [-0.1, -0.05) is 11.4 Å².